The molecule has 2 N–H and O–H groups in total. The van der Waals surface area contributed by atoms with Crippen molar-refractivity contribution in [2.75, 3.05) is 25.1 Å². The first kappa shape index (κ1) is 18.5. The quantitative estimate of drug-likeness (QED) is 0.538. The molecule has 1 heterocycles. The summed E-state index contributed by atoms with van der Waals surface area (Å²) in [5.74, 6) is 2.14. The number of benzene rings is 2. The lowest BCUT2D eigenvalue weighted by Gasteiger charge is -2.10. The Morgan fingerprint density at radius 2 is 1.67 bits per heavy atom. The Morgan fingerprint density at radius 1 is 0.889 bits per heavy atom. The van der Waals surface area contributed by atoms with Crippen molar-refractivity contribution in [3.05, 3.63) is 78.8 Å². The van der Waals surface area contributed by atoms with Crippen molar-refractivity contribution < 1.29 is 18.7 Å². The zero-order chi connectivity index (χ0) is 18.7. The number of furan rings is 1. The van der Waals surface area contributed by atoms with Gasteiger partial charge in [-0.05, 0) is 36.4 Å². The highest BCUT2D eigenvalue weighted by atomic mass is 16.5. The molecule has 3 rings (SSSR count). The van der Waals surface area contributed by atoms with Gasteiger partial charge in [-0.25, -0.2) is 0 Å². The molecule has 0 fully saturated rings. The molecule has 3 aromatic rings. The van der Waals surface area contributed by atoms with E-state index >= 15 is 0 Å². The zero-order valence-corrected chi connectivity index (χ0v) is 14.9. The number of amides is 1. The summed E-state index contributed by atoms with van der Waals surface area (Å²) in [6.07, 6.45) is 1.60. The first-order valence-electron chi connectivity index (χ1n) is 8.73. The van der Waals surface area contributed by atoms with Crippen LogP contribution in [0.2, 0.25) is 0 Å². The number of carbonyl (C=O) groups is 1. The molecule has 0 radical (unpaired) electrons. The maximum atomic E-state index is 12.0. The van der Waals surface area contributed by atoms with Crippen molar-refractivity contribution >= 4 is 11.6 Å². The predicted molar refractivity (Wildman–Crippen MR) is 103 cm³/mol. The normalized spacial score (nSPS) is 10.4. The third kappa shape index (κ3) is 6.52. The summed E-state index contributed by atoms with van der Waals surface area (Å²) < 4.78 is 16.5. The van der Waals surface area contributed by atoms with Crippen LogP contribution in [-0.2, 0) is 11.3 Å². The lowest BCUT2D eigenvalue weighted by Crippen LogP contribution is -2.27. The molecule has 27 heavy (non-hydrogen) atoms. The first-order valence-corrected chi connectivity index (χ1v) is 8.73. The molecule has 140 valence electrons. The highest BCUT2D eigenvalue weighted by molar-refractivity contribution is 5.92. The van der Waals surface area contributed by atoms with Crippen LogP contribution in [-0.4, -0.2) is 25.7 Å². The number of hydrogen-bond donors (Lipinski definition) is 2. The molecule has 1 aromatic heterocycles. The van der Waals surface area contributed by atoms with Gasteiger partial charge in [0.2, 0.25) is 5.91 Å². The second-order valence-corrected chi connectivity index (χ2v) is 5.77. The number of hydrogen-bond acceptors (Lipinski definition) is 5. The minimum Gasteiger partial charge on any atom is -0.490 e. The average Bonchev–Trinajstić information content (AvgIpc) is 3.20. The highest BCUT2D eigenvalue weighted by Gasteiger charge is 2.04. The van der Waals surface area contributed by atoms with Gasteiger partial charge in [-0.2, -0.15) is 0 Å². The minimum atomic E-state index is -0.133. The Labute approximate surface area is 158 Å². The monoisotopic (exact) mass is 366 g/mol. The summed E-state index contributed by atoms with van der Waals surface area (Å²) >= 11 is 0. The fraction of sp³-hybridized carbons (Fsp3) is 0.190. The van der Waals surface area contributed by atoms with Crippen molar-refractivity contribution in [1.82, 2.24) is 5.32 Å². The van der Waals surface area contributed by atoms with Gasteiger partial charge in [-0.3, -0.25) is 4.79 Å². The average molecular weight is 366 g/mol. The summed E-state index contributed by atoms with van der Waals surface area (Å²) in [5, 5.41) is 5.86. The second-order valence-electron chi connectivity index (χ2n) is 5.77. The van der Waals surface area contributed by atoms with Gasteiger partial charge in [0.05, 0.1) is 19.4 Å². The lowest BCUT2D eigenvalue weighted by atomic mass is 10.3. The Hall–Kier alpha value is -3.25. The topological polar surface area (TPSA) is 72.7 Å². The molecule has 0 bridgehead atoms. The maximum absolute atomic E-state index is 12.0. The first-order chi connectivity index (χ1) is 13.3. The Balaban J connectivity index is 1.38. The summed E-state index contributed by atoms with van der Waals surface area (Å²) in [6.45, 7) is 1.55. The number of carbonyl (C=O) groups excluding carboxylic acids is 1. The van der Waals surface area contributed by atoms with Gasteiger partial charge in [-0.1, -0.05) is 24.3 Å². The van der Waals surface area contributed by atoms with Crippen LogP contribution in [0.25, 0.3) is 0 Å². The van der Waals surface area contributed by atoms with Crippen molar-refractivity contribution in [1.29, 1.82) is 0 Å². The number of rotatable bonds is 10. The van der Waals surface area contributed by atoms with Crippen molar-refractivity contribution in [3.8, 4) is 11.5 Å². The van der Waals surface area contributed by atoms with E-state index in [0.29, 0.717) is 31.2 Å². The van der Waals surface area contributed by atoms with Crippen molar-refractivity contribution in [2.45, 2.75) is 6.54 Å². The van der Waals surface area contributed by atoms with E-state index in [2.05, 4.69) is 10.6 Å². The van der Waals surface area contributed by atoms with Gasteiger partial charge in [0.25, 0.3) is 0 Å². The zero-order valence-electron chi connectivity index (χ0n) is 14.9. The molecule has 6 nitrogen and oxygen atoms in total. The molecule has 0 saturated carbocycles. The van der Waals surface area contributed by atoms with Gasteiger partial charge < -0.3 is 24.5 Å². The van der Waals surface area contributed by atoms with Crippen LogP contribution < -0.4 is 20.1 Å². The molecule has 2 aromatic carbocycles. The molecule has 0 atom stereocenters. The minimum absolute atomic E-state index is 0.133. The van der Waals surface area contributed by atoms with Crippen LogP contribution in [0.15, 0.2) is 77.4 Å². The number of para-hydroxylation sites is 1. The molecule has 0 spiro atoms. The fourth-order valence-corrected chi connectivity index (χ4v) is 2.42. The summed E-state index contributed by atoms with van der Waals surface area (Å²) in [6, 6.07) is 20.5. The standard InChI is InChI=1S/C21H22N2O4/c24-21(16-22-15-20-10-5-11-25-20)23-17-6-4-9-19(14-17)27-13-12-26-18-7-2-1-3-8-18/h1-11,14,22H,12-13,15-16H2,(H,23,24). The summed E-state index contributed by atoms with van der Waals surface area (Å²) in [7, 11) is 0. The SMILES string of the molecule is O=C(CNCc1ccco1)Nc1cccc(OCCOc2ccccc2)c1. The Morgan fingerprint density at radius 3 is 2.44 bits per heavy atom. The third-order valence-corrected chi connectivity index (χ3v) is 3.65. The van der Waals surface area contributed by atoms with E-state index in [1.165, 1.54) is 0 Å². The molecule has 0 aliphatic carbocycles. The number of anilines is 1. The van der Waals surface area contributed by atoms with Crippen LogP contribution in [0.4, 0.5) is 5.69 Å². The molecule has 0 saturated heterocycles. The molecule has 0 unspecified atom stereocenters. The summed E-state index contributed by atoms with van der Waals surface area (Å²) in [4.78, 5) is 12.0. The van der Waals surface area contributed by atoms with Crippen molar-refractivity contribution in [3.63, 3.8) is 0 Å². The number of ether oxygens (including phenoxy) is 2. The maximum Gasteiger partial charge on any atom is 0.238 e. The molecule has 0 aliphatic rings. The van der Waals surface area contributed by atoms with Crippen LogP contribution >= 0.6 is 0 Å². The molecule has 6 heteroatoms. The van der Waals surface area contributed by atoms with E-state index < -0.39 is 0 Å². The van der Waals surface area contributed by atoms with Gasteiger partial charge in [0, 0.05) is 11.8 Å². The lowest BCUT2D eigenvalue weighted by molar-refractivity contribution is -0.115. The van der Waals surface area contributed by atoms with Crippen LogP contribution in [0.5, 0.6) is 11.5 Å². The Bertz CT molecular complexity index is 819. The number of nitrogens with one attached hydrogen (secondary N) is 2. The highest BCUT2D eigenvalue weighted by Crippen LogP contribution is 2.17. The third-order valence-electron chi connectivity index (χ3n) is 3.65. The molecule has 1 amide bonds. The van der Waals surface area contributed by atoms with Crippen LogP contribution in [0.1, 0.15) is 5.76 Å². The van der Waals surface area contributed by atoms with Gasteiger partial charge in [0.1, 0.15) is 30.5 Å². The van der Waals surface area contributed by atoms with E-state index in [9.17, 15) is 4.79 Å². The van der Waals surface area contributed by atoms with Gasteiger partial charge in [0.15, 0.2) is 0 Å². The van der Waals surface area contributed by atoms with Crippen molar-refractivity contribution in [2.24, 2.45) is 0 Å². The second kappa shape index (κ2) is 10.0. The molecular weight excluding hydrogens is 344 g/mol. The Kier molecular flexibility index (Phi) is 6.89. The van der Waals surface area contributed by atoms with E-state index in [-0.39, 0.29) is 12.5 Å². The molecular formula is C21H22N2O4. The van der Waals surface area contributed by atoms with E-state index in [0.717, 1.165) is 11.5 Å². The summed E-state index contributed by atoms with van der Waals surface area (Å²) in [5.41, 5.74) is 0.682. The fourth-order valence-electron chi connectivity index (χ4n) is 2.42. The van der Waals surface area contributed by atoms with Gasteiger partial charge >= 0.3 is 0 Å². The largest absolute Gasteiger partial charge is 0.490 e. The molecule has 0 aliphatic heterocycles. The van der Waals surface area contributed by atoms with Crippen LogP contribution in [0, 0.1) is 0 Å². The van der Waals surface area contributed by atoms with E-state index in [1.54, 1.807) is 12.3 Å². The smallest absolute Gasteiger partial charge is 0.238 e. The van der Waals surface area contributed by atoms with Crippen LogP contribution in [0.3, 0.4) is 0 Å². The van der Waals surface area contributed by atoms with E-state index in [4.69, 9.17) is 13.9 Å². The van der Waals surface area contributed by atoms with Gasteiger partial charge in [-0.15, -0.1) is 0 Å². The van der Waals surface area contributed by atoms with E-state index in [1.807, 2.05) is 60.7 Å². The predicted octanol–water partition coefficient (Wildman–Crippen LogP) is 3.47.